The molecule has 1 aliphatic carbocycles. The fourth-order valence-corrected chi connectivity index (χ4v) is 4.43. The van der Waals surface area contributed by atoms with Crippen LogP contribution in [0.1, 0.15) is 44.8 Å². The molecule has 3 rings (SSSR count). The van der Waals surface area contributed by atoms with Gasteiger partial charge in [0.15, 0.2) is 0 Å². The third kappa shape index (κ3) is 4.80. The van der Waals surface area contributed by atoms with E-state index in [1.165, 1.54) is 14.2 Å². The number of likely N-dealkylation sites (tertiary alicyclic amines) is 1. The van der Waals surface area contributed by atoms with Crippen LogP contribution in [0.15, 0.2) is 30.4 Å². The van der Waals surface area contributed by atoms with Crippen LogP contribution in [0.3, 0.4) is 0 Å². The van der Waals surface area contributed by atoms with E-state index in [-0.39, 0.29) is 36.1 Å². The van der Waals surface area contributed by atoms with Gasteiger partial charge in [0.1, 0.15) is 17.5 Å². The number of benzene rings is 1. The summed E-state index contributed by atoms with van der Waals surface area (Å²) in [6, 6.07) is 4.13. The van der Waals surface area contributed by atoms with Gasteiger partial charge in [-0.25, -0.2) is 0 Å². The highest BCUT2D eigenvalue weighted by molar-refractivity contribution is 6.08. The number of carbonyl (C=O) groups excluding carboxylic acids is 3. The third-order valence-corrected chi connectivity index (χ3v) is 6.12. The van der Waals surface area contributed by atoms with Crippen molar-refractivity contribution < 1.29 is 29.0 Å². The van der Waals surface area contributed by atoms with E-state index in [9.17, 15) is 19.5 Å². The predicted molar refractivity (Wildman–Crippen MR) is 118 cm³/mol. The number of fused-ring (bicyclic) bond motifs is 1. The molecule has 32 heavy (non-hydrogen) atoms. The van der Waals surface area contributed by atoms with Crippen molar-refractivity contribution >= 4 is 17.7 Å². The van der Waals surface area contributed by atoms with Crippen molar-refractivity contribution in [2.45, 2.75) is 45.3 Å². The summed E-state index contributed by atoms with van der Waals surface area (Å²) in [6.07, 6.45) is 4.19. The first-order chi connectivity index (χ1) is 15.3. The first-order valence-corrected chi connectivity index (χ1v) is 11.0. The van der Waals surface area contributed by atoms with Crippen molar-refractivity contribution in [1.82, 2.24) is 10.2 Å². The van der Waals surface area contributed by atoms with Gasteiger partial charge in [-0.3, -0.25) is 19.3 Å². The second-order valence-electron chi connectivity index (χ2n) is 8.72. The molecular weight excluding hydrogens is 412 g/mol. The van der Waals surface area contributed by atoms with Crippen LogP contribution in [0, 0.1) is 17.8 Å². The minimum Gasteiger partial charge on any atom is -0.497 e. The summed E-state index contributed by atoms with van der Waals surface area (Å²) in [7, 11) is 3.02. The van der Waals surface area contributed by atoms with Crippen LogP contribution in [0.5, 0.6) is 11.5 Å². The highest BCUT2D eigenvalue weighted by Gasteiger charge is 2.51. The minimum atomic E-state index is -1.06. The standard InChI is InChI=1S/C24H32N2O6/c1-14(2)11-19(26-23(29)16-7-5-6-8-17(16)24(26)30)22(28)25-13-20(27)18-12-15(31-3)9-10-21(18)32-4/h5-6,9-10,12,14,16-17,19-20,27H,7-8,11,13H2,1-4H3,(H,25,28). The molecule has 3 amide bonds. The predicted octanol–water partition coefficient (Wildman–Crippen LogP) is 2.22. The lowest BCUT2D eigenvalue weighted by Gasteiger charge is -2.28. The summed E-state index contributed by atoms with van der Waals surface area (Å²) >= 11 is 0. The lowest BCUT2D eigenvalue weighted by molar-refractivity contribution is -0.148. The maximum absolute atomic E-state index is 13.1. The van der Waals surface area contributed by atoms with Gasteiger partial charge in [0, 0.05) is 12.1 Å². The van der Waals surface area contributed by atoms with E-state index in [2.05, 4.69) is 5.32 Å². The average molecular weight is 445 g/mol. The van der Waals surface area contributed by atoms with Crippen molar-refractivity contribution in [3.8, 4) is 11.5 Å². The smallest absolute Gasteiger partial charge is 0.243 e. The molecule has 2 N–H and O–H groups in total. The van der Waals surface area contributed by atoms with Crippen LogP contribution in [0.25, 0.3) is 0 Å². The molecule has 8 heteroatoms. The third-order valence-electron chi connectivity index (χ3n) is 6.12. The van der Waals surface area contributed by atoms with Gasteiger partial charge in [-0.15, -0.1) is 0 Å². The number of hydrogen-bond donors (Lipinski definition) is 2. The zero-order valence-corrected chi connectivity index (χ0v) is 19.0. The van der Waals surface area contributed by atoms with Crippen LogP contribution in [0.2, 0.25) is 0 Å². The molecule has 1 saturated heterocycles. The van der Waals surface area contributed by atoms with E-state index in [1.54, 1.807) is 18.2 Å². The topological polar surface area (TPSA) is 105 Å². The normalized spacial score (nSPS) is 22.0. The van der Waals surface area contributed by atoms with Crippen LogP contribution in [-0.4, -0.2) is 54.5 Å². The fraction of sp³-hybridized carbons (Fsp3) is 0.542. The second-order valence-corrected chi connectivity index (χ2v) is 8.72. The SMILES string of the molecule is COc1ccc(OC)c(C(O)CNC(=O)C(CC(C)C)N2C(=O)C3CC=CCC3C2=O)c1. The van der Waals surface area contributed by atoms with Gasteiger partial charge < -0.3 is 19.9 Å². The number of aliphatic hydroxyl groups is 1. The van der Waals surface area contributed by atoms with Gasteiger partial charge in [0.2, 0.25) is 17.7 Å². The van der Waals surface area contributed by atoms with Crippen molar-refractivity contribution in [2.24, 2.45) is 17.8 Å². The maximum atomic E-state index is 13.1. The van der Waals surface area contributed by atoms with Crippen LogP contribution in [0.4, 0.5) is 0 Å². The van der Waals surface area contributed by atoms with Gasteiger partial charge in [-0.1, -0.05) is 26.0 Å². The molecule has 4 unspecified atom stereocenters. The number of methoxy groups -OCH3 is 2. The Labute approximate surface area is 188 Å². The highest BCUT2D eigenvalue weighted by atomic mass is 16.5. The summed E-state index contributed by atoms with van der Waals surface area (Å²) in [5.74, 6) is -0.673. The molecule has 1 heterocycles. The number of nitrogens with zero attached hydrogens (tertiary/aromatic N) is 1. The Balaban J connectivity index is 1.75. The molecule has 1 aliphatic heterocycles. The Morgan fingerprint density at radius 2 is 1.75 bits per heavy atom. The van der Waals surface area contributed by atoms with E-state index in [1.807, 2.05) is 26.0 Å². The fourth-order valence-electron chi connectivity index (χ4n) is 4.43. The van der Waals surface area contributed by atoms with Crippen LogP contribution < -0.4 is 14.8 Å². The molecule has 4 atom stereocenters. The summed E-state index contributed by atoms with van der Waals surface area (Å²) in [5.41, 5.74) is 0.470. The van der Waals surface area contributed by atoms with Crippen molar-refractivity contribution in [1.29, 1.82) is 0 Å². The Kier molecular flexibility index (Phi) is 7.56. The Hall–Kier alpha value is -2.87. The van der Waals surface area contributed by atoms with E-state index >= 15 is 0 Å². The van der Waals surface area contributed by atoms with Crippen LogP contribution >= 0.6 is 0 Å². The number of amides is 3. The maximum Gasteiger partial charge on any atom is 0.243 e. The molecule has 0 radical (unpaired) electrons. The number of hydrogen-bond acceptors (Lipinski definition) is 6. The van der Waals surface area contributed by atoms with Gasteiger partial charge in [-0.2, -0.15) is 0 Å². The Morgan fingerprint density at radius 1 is 1.12 bits per heavy atom. The number of ether oxygens (including phenoxy) is 2. The number of imide groups is 1. The quantitative estimate of drug-likeness (QED) is 0.447. The summed E-state index contributed by atoms with van der Waals surface area (Å²) < 4.78 is 10.5. The molecule has 8 nitrogen and oxygen atoms in total. The molecule has 174 valence electrons. The largest absolute Gasteiger partial charge is 0.497 e. The molecule has 0 saturated carbocycles. The first-order valence-electron chi connectivity index (χ1n) is 11.0. The Morgan fingerprint density at radius 3 is 2.28 bits per heavy atom. The zero-order chi connectivity index (χ0) is 23.4. The molecular formula is C24H32N2O6. The molecule has 1 aromatic carbocycles. The minimum absolute atomic E-state index is 0.0931. The number of carbonyl (C=O) groups is 3. The number of nitrogens with one attached hydrogen (secondary N) is 1. The van der Waals surface area contributed by atoms with Crippen LogP contribution in [-0.2, 0) is 14.4 Å². The highest BCUT2D eigenvalue weighted by Crippen LogP contribution is 2.37. The van der Waals surface area contributed by atoms with Gasteiger partial charge >= 0.3 is 0 Å². The van der Waals surface area contributed by atoms with Gasteiger partial charge in [0.25, 0.3) is 0 Å². The van der Waals surface area contributed by atoms with E-state index in [0.717, 1.165) is 4.90 Å². The summed E-state index contributed by atoms with van der Waals surface area (Å²) in [6.45, 7) is 3.79. The van der Waals surface area contributed by atoms with E-state index < -0.39 is 18.1 Å². The zero-order valence-electron chi connectivity index (χ0n) is 19.0. The van der Waals surface area contributed by atoms with E-state index in [0.29, 0.717) is 36.3 Å². The van der Waals surface area contributed by atoms with Crippen molar-refractivity contribution in [2.75, 3.05) is 20.8 Å². The summed E-state index contributed by atoms with van der Waals surface area (Å²) in [5, 5.41) is 13.4. The Bertz CT molecular complexity index is 870. The van der Waals surface area contributed by atoms with Crippen molar-refractivity contribution in [3.63, 3.8) is 0 Å². The van der Waals surface area contributed by atoms with Gasteiger partial charge in [-0.05, 0) is 43.4 Å². The molecule has 0 spiro atoms. The number of rotatable bonds is 9. The lowest BCUT2D eigenvalue weighted by atomic mass is 9.85. The number of allylic oxidation sites excluding steroid dienone is 2. The summed E-state index contributed by atoms with van der Waals surface area (Å²) in [4.78, 5) is 40.3. The molecule has 0 aromatic heterocycles. The molecule has 1 fully saturated rings. The molecule has 1 aromatic rings. The second kappa shape index (κ2) is 10.2. The molecule has 0 bridgehead atoms. The van der Waals surface area contributed by atoms with E-state index in [4.69, 9.17) is 9.47 Å². The monoisotopic (exact) mass is 444 g/mol. The number of aliphatic hydroxyl groups excluding tert-OH is 1. The van der Waals surface area contributed by atoms with Gasteiger partial charge in [0.05, 0.1) is 32.2 Å². The average Bonchev–Trinajstić information content (AvgIpc) is 3.05. The first kappa shape index (κ1) is 23.8. The lowest BCUT2D eigenvalue weighted by Crippen LogP contribution is -2.51. The van der Waals surface area contributed by atoms with Crippen molar-refractivity contribution in [3.05, 3.63) is 35.9 Å². The molecule has 2 aliphatic rings.